The maximum absolute atomic E-state index is 5.50. The summed E-state index contributed by atoms with van der Waals surface area (Å²) in [7, 11) is 0. The van der Waals surface area contributed by atoms with E-state index in [2.05, 4.69) is 42.8 Å². The van der Waals surface area contributed by atoms with Crippen molar-refractivity contribution in [2.75, 3.05) is 19.3 Å². The van der Waals surface area contributed by atoms with Crippen molar-refractivity contribution in [3.05, 3.63) is 29.8 Å². The van der Waals surface area contributed by atoms with Crippen molar-refractivity contribution in [3.63, 3.8) is 0 Å². The summed E-state index contributed by atoms with van der Waals surface area (Å²) < 4.78 is 0. The minimum Gasteiger partial charge on any atom is -0.329 e. The van der Waals surface area contributed by atoms with Gasteiger partial charge in [-0.15, -0.1) is 11.8 Å². The quantitative estimate of drug-likeness (QED) is 0.716. The standard InChI is InChI=1S/C13H22N2S/c1-3-12(15-9-8-14)10-11-4-6-13(16-2)7-5-11/h4-7,12,15H,3,8-10,14H2,1-2H3. The Morgan fingerprint density at radius 2 is 2.00 bits per heavy atom. The molecule has 0 aliphatic rings. The summed E-state index contributed by atoms with van der Waals surface area (Å²) in [4.78, 5) is 1.33. The lowest BCUT2D eigenvalue weighted by Crippen LogP contribution is -2.34. The first-order chi connectivity index (χ1) is 7.80. The van der Waals surface area contributed by atoms with E-state index in [0.29, 0.717) is 12.6 Å². The number of hydrogen-bond donors (Lipinski definition) is 2. The lowest BCUT2D eigenvalue weighted by atomic mass is 10.0. The van der Waals surface area contributed by atoms with Crippen LogP contribution in [0.15, 0.2) is 29.2 Å². The van der Waals surface area contributed by atoms with Crippen LogP contribution in [0.2, 0.25) is 0 Å². The van der Waals surface area contributed by atoms with Crippen LogP contribution < -0.4 is 11.1 Å². The average Bonchev–Trinajstić information content (AvgIpc) is 2.35. The smallest absolute Gasteiger partial charge is 0.0105 e. The van der Waals surface area contributed by atoms with E-state index in [1.54, 1.807) is 11.8 Å². The van der Waals surface area contributed by atoms with Gasteiger partial charge in [-0.3, -0.25) is 0 Å². The van der Waals surface area contributed by atoms with Gasteiger partial charge in [0.25, 0.3) is 0 Å². The van der Waals surface area contributed by atoms with Gasteiger partial charge in [-0.1, -0.05) is 19.1 Å². The first-order valence-corrected chi connectivity index (χ1v) is 7.09. The maximum atomic E-state index is 5.50. The first-order valence-electron chi connectivity index (χ1n) is 5.86. The van der Waals surface area contributed by atoms with Crippen molar-refractivity contribution in [2.45, 2.75) is 30.7 Å². The highest BCUT2D eigenvalue weighted by molar-refractivity contribution is 7.98. The molecular formula is C13H22N2S. The molecule has 3 heteroatoms. The molecule has 0 heterocycles. The van der Waals surface area contributed by atoms with Crippen molar-refractivity contribution in [2.24, 2.45) is 5.73 Å². The third-order valence-electron chi connectivity index (χ3n) is 2.71. The van der Waals surface area contributed by atoms with Gasteiger partial charge in [0.15, 0.2) is 0 Å². The van der Waals surface area contributed by atoms with Crippen LogP contribution in [0.5, 0.6) is 0 Å². The molecule has 16 heavy (non-hydrogen) atoms. The molecule has 0 spiro atoms. The highest BCUT2D eigenvalue weighted by Gasteiger charge is 2.05. The van der Waals surface area contributed by atoms with E-state index >= 15 is 0 Å². The van der Waals surface area contributed by atoms with Gasteiger partial charge in [0, 0.05) is 24.0 Å². The fraction of sp³-hybridized carbons (Fsp3) is 0.538. The topological polar surface area (TPSA) is 38.0 Å². The van der Waals surface area contributed by atoms with Crippen molar-refractivity contribution in [3.8, 4) is 0 Å². The molecule has 1 unspecified atom stereocenters. The monoisotopic (exact) mass is 238 g/mol. The number of nitrogens with two attached hydrogens (primary N) is 1. The van der Waals surface area contributed by atoms with E-state index in [1.807, 2.05) is 0 Å². The Morgan fingerprint density at radius 3 is 2.50 bits per heavy atom. The molecule has 0 saturated carbocycles. The number of thioether (sulfide) groups is 1. The second-order valence-electron chi connectivity index (χ2n) is 3.90. The SMILES string of the molecule is CCC(Cc1ccc(SC)cc1)NCCN. The summed E-state index contributed by atoms with van der Waals surface area (Å²) >= 11 is 1.78. The molecule has 3 N–H and O–H groups in total. The summed E-state index contributed by atoms with van der Waals surface area (Å²) in [5.74, 6) is 0. The highest BCUT2D eigenvalue weighted by atomic mass is 32.2. The number of nitrogens with one attached hydrogen (secondary N) is 1. The Bertz CT molecular complexity index is 284. The maximum Gasteiger partial charge on any atom is 0.0105 e. The van der Waals surface area contributed by atoms with E-state index in [-0.39, 0.29) is 0 Å². The summed E-state index contributed by atoms with van der Waals surface area (Å²) in [6.45, 7) is 3.83. The number of hydrogen-bond acceptors (Lipinski definition) is 3. The second kappa shape index (κ2) is 7.71. The van der Waals surface area contributed by atoms with Crippen molar-refractivity contribution in [1.29, 1.82) is 0 Å². The van der Waals surface area contributed by atoms with E-state index in [0.717, 1.165) is 19.4 Å². The van der Waals surface area contributed by atoms with Gasteiger partial charge in [-0.25, -0.2) is 0 Å². The third-order valence-corrected chi connectivity index (χ3v) is 3.45. The fourth-order valence-corrected chi connectivity index (χ4v) is 2.10. The molecule has 0 aliphatic carbocycles. The van der Waals surface area contributed by atoms with Gasteiger partial charge >= 0.3 is 0 Å². The summed E-state index contributed by atoms with van der Waals surface area (Å²) in [6, 6.07) is 9.37. The lowest BCUT2D eigenvalue weighted by Gasteiger charge is -2.16. The molecule has 0 fully saturated rings. The van der Waals surface area contributed by atoms with Gasteiger partial charge in [-0.2, -0.15) is 0 Å². The number of rotatable bonds is 7. The second-order valence-corrected chi connectivity index (χ2v) is 4.78. The zero-order chi connectivity index (χ0) is 11.8. The van der Waals surface area contributed by atoms with Gasteiger partial charge in [0.1, 0.15) is 0 Å². The zero-order valence-corrected chi connectivity index (χ0v) is 11.0. The molecule has 0 aliphatic heterocycles. The van der Waals surface area contributed by atoms with Crippen LogP contribution in [-0.4, -0.2) is 25.4 Å². The van der Waals surface area contributed by atoms with Crippen LogP contribution in [0, 0.1) is 0 Å². The van der Waals surface area contributed by atoms with Gasteiger partial charge in [-0.05, 0) is 36.8 Å². The van der Waals surface area contributed by atoms with Crippen LogP contribution >= 0.6 is 11.8 Å². The van der Waals surface area contributed by atoms with Crippen LogP contribution in [0.3, 0.4) is 0 Å². The van der Waals surface area contributed by atoms with Gasteiger partial charge in [0.05, 0.1) is 0 Å². The Hall–Kier alpha value is -0.510. The predicted molar refractivity (Wildman–Crippen MR) is 73.1 cm³/mol. The van der Waals surface area contributed by atoms with Crippen LogP contribution in [0.25, 0.3) is 0 Å². The normalized spacial score (nSPS) is 12.7. The summed E-state index contributed by atoms with van der Waals surface area (Å²) in [5, 5.41) is 3.47. The minimum atomic E-state index is 0.545. The minimum absolute atomic E-state index is 0.545. The molecule has 0 aromatic heterocycles. The van der Waals surface area contributed by atoms with Crippen LogP contribution in [-0.2, 0) is 6.42 Å². The lowest BCUT2D eigenvalue weighted by molar-refractivity contribution is 0.501. The Labute approximate surface area is 103 Å². The van der Waals surface area contributed by atoms with Crippen molar-refractivity contribution < 1.29 is 0 Å². The molecule has 2 nitrogen and oxygen atoms in total. The van der Waals surface area contributed by atoms with E-state index < -0.39 is 0 Å². The van der Waals surface area contributed by atoms with Gasteiger partial charge < -0.3 is 11.1 Å². The van der Waals surface area contributed by atoms with Crippen molar-refractivity contribution in [1.82, 2.24) is 5.32 Å². The van der Waals surface area contributed by atoms with Gasteiger partial charge in [0.2, 0.25) is 0 Å². The summed E-state index contributed by atoms with van der Waals surface area (Å²) in [6.07, 6.45) is 4.34. The Balaban J connectivity index is 2.49. The number of benzene rings is 1. The predicted octanol–water partition coefficient (Wildman–Crippen LogP) is 2.28. The molecular weight excluding hydrogens is 216 g/mol. The first kappa shape index (κ1) is 13.6. The van der Waals surface area contributed by atoms with E-state index in [4.69, 9.17) is 5.73 Å². The molecule has 0 amide bonds. The Kier molecular flexibility index (Phi) is 6.53. The molecule has 0 radical (unpaired) electrons. The largest absolute Gasteiger partial charge is 0.329 e. The van der Waals surface area contributed by atoms with Crippen molar-refractivity contribution >= 4 is 11.8 Å². The molecule has 0 saturated heterocycles. The molecule has 1 atom stereocenters. The molecule has 0 bridgehead atoms. The average molecular weight is 238 g/mol. The van der Waals surface area contributed by atoms with Crippen LogP contribution in [0.4, 0.5) is 0 Å². The van der Waals surface area contributed by atoms with Crippen LogP contribution in [0.1, 0.15) is 18.9 Å². The Morgan fingerprint density at radius 1 is 1.31 bits per heavy atom. The summed E-state index contributed by atoms with van der Waals surface area (Å²) in [5.41, 5.74) is 6.89. The van der Waals surface area contributed by atoms with E-state index in [1.165, 1.54) is 10.5 Å². The fourth-order valence-electron chi connectivity index (χ4n) is 1.69. The molecule has 90 valence electrons. The zero-order valence-electron chi connectivity index (χ0n) is 10.2. The molecule has 1 aromatic rings. The third kappa shape index (κ3) is 4.56. The molecule has 1 rings (SSSR count). The van der Waals surface area contributed by atoms with E-state index in [9.17, 15) is 0 Å². The molecule has 1 aromatic carbocycles. The highest BCUT2D eigenvalue weighted by Crippen LogP contribution is 2.16.